The van der Waals surface area contributed by atoms with Crippen LogP contribution in [0, 0.1) is 22.0 Å². The van der Waals surface area contributed by atoms with Crippen molar-refractivity contribution in [1.82, 2.24) is 24.6 Å². The Morgan fingerprint density at radius 1 is 1.20 bits per heavy atom. The van der Waals surface area contributed by atoms with E-state index in [0.717, 1.165) is 37.2 Å². The number of nitrogens with zero attached hydrogens (tertiary/aromatic N) is 5. The van der Waals surface area contributed by atoms with E-state index in [4.69, 9.17) is 0 Å². The minimum absolute atomic E-state index is 0.00250. The molecule has 1 aromatic carbocycles. The van der Waals surface area contributed by atoms with E-state index in [1.807, 2.05) is 0 Å². The zero-order valence-electron chi connectivity index (χ0n) is 20.1. The van der Waals surface area contributed by atoms with Crippen molar-refractivity contribution in [3.8, 4) is 0 Å². The fourth-order valence-electron chi connectivity index (χ4n) is 4.83. The molecule has 10 heteroatoms. The Hall–Kier alpha value is -3.56. The molecule has 1 amide bonds. The fraction of sp³-hybridized carbons (Fsp3) is 0.520. The van der Waals surface area contributed by atoms with E-state index in [2.05, 4.69) is 22.3 Å². The van der Waals surface area contributed by atoms with E-state index in [-0.39, 0.29) is 29.6 Å². The molecule has 4 rings (SSSR count). The Morgan fingerprint density at radius 2 is 1.94 bits per heavy atom. The number of hydrogen-bond acceptors (Lipinski definition) is 6. The molecule has 1 aliphatic carbocycles. The maximum absolute atomic E-state index is 12.9. The molecule has 1 saturated carbocycles. The number of carbonyl (C=O) groups is 1. The van der Waals surface area contributed by atoms with Gasteiger partial charge >= 0.3 is 0 Å². The number of aromatic nitrogens is 4. The van der Waals surface area contributed by atoms with Crippen LogP contribution in [0.25, 0.3) is 11.0 Å². The van der Waals surface area contributed by atoms with Crippen LogP contribution in [0.1, 0.15) is 57.4 Å². The van der Waals surface area contributed by atoms with Gasteiger partial charge in [0.1, 0.15) is 11.7 Å². The number of unbranched alkanes of at least 4 members (excludes halogenated alkanes) is 1. The summed E-state index contributed by atoms with van der Waals surface area (Å²) >= 11 is 0. The van der Waals surface area contributed by atoms with E-state index in [9.17, 15) is 19.7 Å². The largest absolute Gasteiger partial charge is 0.354 e. The zero-order chi connectivity index (χ0) is 24.8. The second-order valence-electron chi connectivity index (χ2n) is 9.36. The summed E-state index contributed by atoms with van der Waals surface area (Å²) in [7, 11) is 0. The van der Waals surface area contributed by atoms with Crippen LogP contribution in [0.5, 0.6) is 0 Å². The van der Waals surface area contributed by atoms with Gasteiger partial charge in [-0.05, 0) is 37.2 Å². The van der Waals surface area contributed by atoms with Gasteiger partial charge in [-0.3, -0.25) is 24.3 Å². The number of carbonyl (C=O) groups excluding carboxylic acids is 1. The van der Waals surface area contributed by atoms with Crippen LogP contribution in [-0.4, -0.2) is 36.7 Å². The molecule has 35 heavy (non-hydrogen) atoms. The van der Waals surface area contributed by atoms with E-state index in [1.165, 1.54) is 48.5 Å². The maximum atomic E-state index is 12.9. The number of benzene rings is 1. The quantitative estimate of drug-likeness (QED) is 0.349. The molecule has 0 spiro atoms. The predicted molar refractivity (Wildman–Crippen MR) is 132 cm³/mol. The van der Waals surface area contributed by atoms with Gasteiger partial charge in [0.25, 0.3) is 11.2 Å². The van der Waals surface area contributed by atoms with E-state index in [0.29, 0.717) is 24.1 Å². The summed E-state index contributed by atoms with van der Waals surface area (Å²) in [6, 6.07) is 6.07. The molecule has 3 aromatic rings. The number of amides is 1. The van der Waals surface area contributed by atoms with Crippen molar-refractivity contribution in [2.45, 2.75) is 65.0 Å². The molecule has 1 N–H and O–H groups in total. The summed E-state index contributed by atoms with van der Waals surface area (Å²) in [5.74, 6) is 0.964. The summed E-state index contributed by atoms with van der Waals surface area (Å²) in [5, 5.41) is 18.5. The monoisotopic (exact) mass is 480 g/mol. The third-order valence-corrected chi connectivity index (χ3v) is 6.93. The van der Waals surface area contributed by atoms with Crippen LogP contribution in [-0.2, 0) is 17.9 Å². The first-order valence-electron chi connectivity index (χ1n) is 12.4. The molecule has 0 bridgehead atoms. The van der Waals surface area contributed by atoms with Crippen molar-refractivity contribution in [2.24, 2.45) is 11.8 Å². The molecule has 1 fully saturated rings. The fourth-order valence-corrected chi connectivity index (χ4v) is 4.83. The van der Waals surface area contributed by atoms with Crippen LogP contribution in [0.3, 0.4) is 0 Å². The van der Waals surface area contributed by atoms with Crippen molar-refractivity contribution < 1.29 is 9.72 Å². The summed E-state index contributed by atoms with van der Waals surface area (Å²) in [4.78, 5) is 40.3. The topological polar surface area (TPSA) is 125 Å². The molecular weight excluding hydrogens is 448 g/mol. The predicted octanol–water partition coefficient (Wildman–Crippen LogP) is 3.66. The molecule has 0 atom stereocenters. The first-order valence-corrected chi connectivity index (χ1v) is 12.4. The summed E-state index contributed by atoms with van der Waals surface area (Å²) in [6.45, 7) is 3.33. The average Bonchev–Trinajstić information content (AvgIpc) is 3.28. The first-order chi connectivity index (χ1) is 17.0. The van der Waals surface area contributed by atoms with E-state index in [1.54, 1.807) is 16.8 Å². The Balaban J connectivity index is 1.32. The highest BCUT2D eigenvalue weighted by Gasteiger charge is 2.25. The molecule has 0 radical (unpaired) electrons. The Labute approximate surface area is 203 Å². The number of fused-ring (bicyclic) bond motifs is 1. The lowest BCUT2D eigenvalue weighted by Crippen LogP contribution is -2.35. The third kappa shape index (κ3) is 5.93. The normalized spacial score (nSPS) is 18.0. The number of non-ortho nitro benzene ring substituents is 1. The van der Waals surface area contributed by atoms with E-state index < -0.39 is 4.92 Å². The summed E-state index contributed by atoms with van der Waals surface area (Å²) in [6.07, 6.45) is 10.9. The number of rotatable bonds is 10. The smallest absolute Gasteiger partial charge is 0.269 e. The summed E-state index contributed by atoms with van der Waals surface area (Å²) < 4.78 is 3.09. The van der Waals surface area contributed by atoms with Crippen LogP contribution in [0.15, 0.2) is 41.6 Å². The Bertz CT molecular complexity index is 1220. The van der Waals surface area contributed by atoms with Crippen LogP contribution in [0.2, 0.25) is 0 Å². The number of hydrogen-bond donors (Lipinski definition) is 1. The average molecular weight is 481 g/mol. The lowest BCUT2D eigenvalue weighted by atomic mass is 9.79. The number of nitro benzene ring substituents is 1. The third-order valence-electron chi connectivity index (χ3n) is 6.93. The molecule has 0 unspecified atom stereocenters. The summed E-state index contributed by atoms with van der Waals surface area (Å²) in [5.41, 5.74) is 1.00. The second kappa shape index (κ2) is 11.2. The molecule has 2 aromatic heterocycles. The minimum atomic E-state index is -0.459. The maximum Gasteiger partial charge on any atom is 0.269 e. The number of nitro groups is 1. The van der Waals surface area contributed by atoms with Gasteiger partial charge in [-0.15, -0.1) is 0 Å². The first kappa shape index (κ1) is 24.6. The van der Waals surface area contributed by atoms with Gasteiger partial charge in [0.15, 0.2) is 5.65 Å². The van der Waals surface area contributed by atoms with Gasteiger partial charge in [-0.25, -0.2) is 9.67 Å². The lowest BCUT2D eigenvalue weighted by molar-refractivity contribution is -0.384. The van der Waals surface area contributed by atoms with Gasteiger partial charge in [-0.1, -0.05) is 38.3 Å². The molecule has 2 heterocycles. The molecule has 186 valence electrons. The SMILES string of the molecule is CCCCC1CCC(C(=O)NCCn2ncc3c(=O)n(Cc4ccc([N+](=O)[O-])cc4)cnc32)CC1. The van der Waals surface area contributed by atoms with Crippen molar-refractivity contribution in [1.29, 1.82) is 0 Å². The number of nitrogens with one attached hydrogen (secondary N) is 1. The molecular formula is C25H32N6O4. The Kier molecular flexibility index (Phi) is 7.89. The van der Waals surface area contributed by atoms with Gasteiger partial charge in [0, 0.05) is 24.6 Å². The highest BCUT2D eigenvalue weighted by Crippen LogP contribution is 2.31. The zero-order valence-corrected chi connectivity index (χ0v) is 20.1. The van der Waals surface area contributed by atoms with Gasteiger partial charge in [0.05, 0.1) is 24.2 Å². The molecule has 0 saturated heterocycles. The highest BCUT2D eigenvalue weighted by atomic mass is 16.6. The van der Waals surface area contributed by atoms with Gasteiger partial charge < -0.3 is 5.32 Å². The van der Waals surface area contributed by atoms with Crippen LogP contribution < -0.4 is 10.9 Å². The second-order valence-corrected chi connectivity index (χ2v) is 9.36. The van der Waals surface area contributed by atoms with Crippen molar-refractivity contribution in [2.75, 3.05) is 6.54 Å². The van der Waals surface area contributed by atoms with Crippen molar-refractivity contribution in [3.63, 3.8) is 0 Å². The van der Waals surface area contributed by atoms with Crippen molar-refractivity contribution >= 4 is 22.6 Å². The van der Waals surface area contributed by atoms with Gasteiger partial charge in [-0.2, -0.15) is 5.10 Å². The minimum Gasteiger partial charge on any atom is -0.354 e. The lowest BCUT2D eigenvalue weighted by Gasteiger charge is -2.27. The van der Waals surface area contributed by atoms with Crippen LogP contribution >= 0.6 is 0 Å². The molecule has 0 aliphatic heterocycles. The van der Waals surface area contributed by atoms with Crippen LogP contribution in [0.4, 0.5) is 5.69 Å². The standard InChI is InChI=1S/C25H32N6O4/c1-2-3-4-18-5-9-20(10-6-18)24(32)26-13-14-30-23-22(15-28-30)25(33)29(17-27-23)16-19-7-11-21(12-8-19)31(34)35/h7-8,11-12,15,17-18,20H,2-6,9-10,13-14,16H2,1H3,(H,26,32). The highest BCUT2D eigenvalue weighted by molar-refractivity contribution is 5.78. The van der Waals surface area contributed by atoms with Gasteiger partial charge in [0.2, 0.25) is 5.91 Å². The van der Waals surface area contributed by atoms with Crippen molar-refractivity contribution in [3.05, 3.63) is 62.8 Å². The molecule has 1 aliphatic rings. The van der Waals surface area contributed by atoms with E-state index >= 15 is 0 Å². The Morgan fingerprint density at radius 3 is 2.63 bits per heavy atom. The molecule has 10 nitrogen and oxygen atoms in total.